The first-order chi connectivity index (χ1) is 3.50. The molecule has 0 aromatic carbocycles. The smallest absolute Gasteiger partial charge is 0.0163 e. The van der Waals surface area contributed by atoms with Gasteiger partial charge in [0.25, 0.3) is 0 Å². The summed E-state index contributed by atoms with van der Waals surface area (Å²) >= 11 is 0. The van der Waals surface area contributed by atoms with Crippen LogP contribution in [-0.2, 0) is 0 Å². The molecule has 52 valence electrons. The lowest BCUT2D eigenvalue weighted by Gasteiger charge is -1.69. The maximum absolute atomic E-state index is 2.12. The van der Waals surface area contributed by atoms with Crippen molar-refractivity contribution >= 4 is 0 Å². The van der Waals surface area contributed by atoms with Gasteiger partial charge in [-0.05, 0) is 6.42 Å². The van der Waals surface area contributed by atoms with Gasteiger partial charge in [0.1, 0.15) is 0 Å². The second kappa shape index (κ2) is 7.14. The van der Waals surface area contributed by atoms with Crippen LogP contribution in [0.4, 0.5) is 0 Å². The molecule has 0 heterocycles. The molecule has 0 fully saturated rings. The Morgan fingerprint density at radius 1 is 0.667 bits per heavy atom. The normalized spacial score (nSPS) is 13.3. The van der Waals surface area contributed by atoms with E-state index in [1.54, 1.807) is 0 Å². The van der Waals surface area contributed by atoms with Crippen molar-refractivity contribution in [1.29, 1.82) is 0 Å². The van der Waals surface area contributed by atoms with Crippen molar-refractivity contribution in [2.24, 2.45) is 0 Å². The van der Waals surface area contributed by atoms with Gasteiger partial charge in [0, 0.05) is 0 Å². The standard InChI is InChI=1S/C7H8.2H3N/c1-2-4-6-7-5-3-1;;/h1-6H,7H2;2*1H3. The fraction of sp³-hybridized carbons (Fsp3) is 0.143. The van der Waals surface area contributed by atoms with Gasteiger partial charge in [0.15, 0.2) is 0 Å². The molecule has 2 nitrogen and oxygen atoms in total. The van der Waals surface area contributed by atoms with Crippen LogP contribution in [0.3, 0.4) is 0 Å². The quantitative estimate of drug-likeness (QED) is 0.523. The summed E-state index contributed by atoms with van der Waals surface area (Å²) < 4.78 is 0. The van der Waals surface area contributed by atoms with Crippen molar-refractivity contribution in [3.63, 3.8) is 0 Å². The highest BCUT2D eigenvalue weighted by molar-refractivity contribution is 5.16. The summed E-state index contributed by atoms with van der Waals surface area (Å²) in [7, 11) is 0. The lowest BCUT2D eigenvalue weighted by atomic mass is 10.4. The third-order valence-corrected chi connectivity index (χ3v) is 0.878. The molecule has 6 N–H and O–H groups in total. The predicted molar refractivity (Wildman–Crippen MR) is 42.1 cm³/mol. The van der Waals surface area contributed by atoms with E-state index in [0.29, 0.717) is 0 Å². The van der Waals surface area contributed by atoms with Crippen molar-refractivity contribution in [3.8, 4) is 0 Å². The topological polar surface area (TPSA) is 70.0 Å². The van der Waals surface area contributed by atoms with E-state index in [1.807, 2.05) is 12.2 Å². The Kier molecular flexibility index (Phi) is 8.73. The van der Waals surface area contributed by atoms with Crippen LogP contribution < -0.4 is 12.3 Å². The zero-order chi connectivity index (χ0) is 4.95. The van der Waals surface area contributed by atoms with Crippen molar-refractivity contribution in [3.05, 3.63) is 36.5 Å². The van der Waals surface area contributed by atoms with E-state index in [2.05, 4.69) is 24.3 Å². The summed E-state index contributed by atoms with van der Waals surface area (Å²) in [6.07, 6.45) is 13.5. The molecule has 0 unspecified atom stereocenters. The third-order valence-electron chi connectivity index (χ3n) is 0.878. The molecule has 0 spiro atoms. The first kappa shape index (κ1) is 11.0. The van der Waals surface area contributed by atoms with Gasteiger partial charge in [0.2, 0.25) is 0 Å². The maximum Gasteiger partial charge on any atom is -0.0163 e. The van der Waals surface area contributed by atoms with Crippen LogP contribution >= 0.6 is 0 Å². The molecule has 0 atom stereocenters. The second-order valence-corrected chi connectivity index (χ2v) is 1.48. The van der Waals surface area contributed by atoms with Crippen LogP contribution in [0, 0.1) is 0 Å². The number of hydrogen-bond acceptors (Lipinski definition) is 2. The average molecular weight is 126 g/mol. The van der Waals surface area contributed by atoms with E-state index < -0.39 is 0 Å². The van der Waals surface area contributed by atoms with Gasteiger partial charge in [-0.1, -0.05) is 36.5 Å². The van der Waals surface area contributed by atoms with Crippen molar-refractivity contribution in [1.82, 2.24) is 12.3 Å². The molecule has 0 saturated carbocycles. The van der Waals surface area contributed by atoms with Crippen molar-refractivity contribution in [2.45, 2.75) is 6.42 Å². The molecule has 2 heteroatoms. The number of hydrogen-bond donors (Lipinski definition) is 2. The molecule has 0 aromatic heterocycles. The number of allylic oxidation sites excluding steroid dienone is 6. The Morgan fingerprint density at radius 2 is 1.11 bits per heavy atom. The molecule has 9 heavy (non-hydrogen) atoms. The van der Waals surface area contributed by atoms with Crippen molar-refractivity contribution in [2.75, 3.05) is 0 Å². The number of rotatable bonds is 0. The molecule has 1 rings (SSSR count). The highest BCUT2D eigenvalue weighted by atomic mass is 14.0. The molecule has 1 aliphatic rings. The van der Waals surface area contributed by atoms with Crippen LogP contribution in [0.15, 0.2) is 36.5 Å². The molecular weight excluding hydrogens is 112 g/mol. The molecular formula is C7H14N2. The summed E-state index contributed by atoms with van der Waals surface area (Å²) in [6.45, 7) is 0. The minimum absolute atomic E-state index is 0. The Balaban J connectivity index is 0. The van der Waals surface area contributed by atoms with E-state index in [0.717, 1.165) is 6.42 Å². The van der Waals surface area contributed by atoms with Gasteiger partial charge >= 0.3 is 0 Å². The Hall–Kier alpha value is -0.860. The first-order valence-electron chi connectivity index (χ1n) is 2.48. The van der Waals surface area contributed by atoms with Crippen molar-refractivity contribution < 1.29 is 0 Å². The zero-order valence-corrected chi connectivity index (χ0v) is 5.59. The molecule has 0 aliphatic heterocycles. The van der Waals surface area contributed by atoms with Gasteiger partial charge in [0.05, 0.1) is 0 Å². The SMILES string of the molecule is C1=CC=CCC=C1.N.N. The fourth-order valence-corrected chi connectivity index (χ4v) is 0.521. The Morgan fingerprint density at radius 3 is 1.56 bits per heavy atom. The molecule has 1 aliphatic carbocycles. The highest BCUT2D eigenvalue weighted by Crippen LogP contribution is 1.91. The van der Waals surface area contributed by atoms with Gasteiger partial charge < -0.3 is 12.3 Å². The van der Waals surface area contributed by atoms with E-state index in [9.17, 15) is 0 Å². The molecule has 0 saturated heterocycles. The monoisotopic (exact) mass is 126 g/mol. The minimum atomic E-state index is 0. The molecule has 0 radical (unpaired) electrons. The van der Waals surface area contributed by atoms with E-state index >= 15 is 0 Å². The lowest BCUT2D eigenvalue weighted by Crippen LogP contribution is -1.48. The summed E-state index contributed by atoms with van der Waals surface area (Å²) in [4.78, 5) is 0. The zero-order valence-electron chi connectivity index (χ0n) is 5.59. The van der Waals surface area contributed by atoms with Crippen LogP contribution in [0.2, 0.25) is 0 Å². The molecule has 0 aromatic rings. The summed E-state index contributed by atoms with van der Waals surface area (Å²) in [6, 6.07) is 0. The second-order valence-electron chi connectivity index (χ2n) is 1.48. The van der Waals surface area contributed by atoms with Gasteiger partial charge in [-0.15, -0.1) is 0 Å². The van der Waals surface area contributed by atoms with E-state index in [1.165, 1.54) is 0 Å². The van der Waals surface area contributed by atoms with Crippen LogP contribution in [0.1, 0.15) is 6.42 Å². The summed E-state index contributed by atoms with van der Waals surface area (Å²) in [5.41, 5.74) is 0. The summed E-state index contributed by atoms with van der Waals surface area (Å²) in [5.74, 6) is 0. The van der Waals surface area contributed by atoms with E-state index in [-0.39, 0.29) is 12.3 Å². The summed E-state index contributed by atoms with van der Waals surface area (Å²) in [5, 5.41) is 0. The Labute approximate surface area is 56.1 Å². The predicted octanol–water partition coefficient (Wildman–Crippen LogP) is 2.38. The largest absolute Gasteiger partial charge is 0.344 e. The van der Waals surface area contributed by atoms with Crippen LogP contribution in [0.5, 0.6) is 0 Å². The Bertz CT molecular complexity index is 109. The fourth-order valence-electron chi connectivity index (χ4n) is 0.521. The third kappa shape index (κ3) is 5.00. The minimum Gasteiger partial charge on any atom is -0.344 e. The molecule has 0 amide bonds. The van der Waals surface area contributed by atoms with Crippen LogP contribution in [-0.4, -0.2) is 0 Å². The first-order valence-corrected chi connectivity index (χ1v) is 2.48. The average Bonchev–Trinajstić information content (AvgIpc) is 1.90. The maximum atomic E-state index is 2.12. The van der Waals surface area contributed by atoms with Crippen LogP contribution in [0.25, 0.3) is 0 Å². The van der Waals surface area contributed by atoms with E-state index in [4.69, 9.17) is 0 Å². The highest BCUT2D eigenvalue weighted by Gasteiger charge is 1.70. The lowest BCUT2D eigenvalue weighted by molar-refractivity contribution is 1.41. The molecule has 0 bridgehead atoms. The van der Waals surface area contributed by atoms with Gasteiger partial charge in [-0.2, -0.15) is 0 Å². The van der Waals surface area contributed by atoms with Gasteiger partial charge in [-0.25, -0.2) is 0 Å². The van der Waals surface area contributed by atoms with Gasteiger partial charge in [-0.3, -0.25) is 0 Å².